The predicted octanol–water partition coefficient (Wildman–Crippen LogP) is 5.44. The number of nitrogen functional groups attached to an aromatic ring is 1. The maximum atomic E-state index is 13.5. The first kappa shape index (κ1) is 29.1. The molecule has 0 unspecified atom stereocenters. The summed E-state index contributed by atoms with van der Waals surface area (Å²) in [5.41, 5.74) is -2.06. The van der Waals surface area contributed by atoms with Crippen LogP contribution in [0.25, 0.3) is 22.2 Å². The van der Waals surface area contributed by atoms with Crippen molar-refractivity contribution in [1.82, 2.24) is 14.6 Å². The Morgan fingerprint density at radius 2 is 1.34 bits per heavy atom. The lowest BCUT2D eigenvalue weighted by atomic mass is 10.0. The summed E-state index contributed by atoms with van der Waals surface area (Å²) in [7, 11) is 0. The average Bonchev–Trinajstić information content (AvgIpc) is 3.02. The zero-order valence-corrected chi connectivity index (χ0v) is 24.6. The second kappa shape index (κ2) is 10.0. The van der Waals surface area contributed by atoms with E-state index >= 15 is 0 Å². The van der Waals surface area contributed by atoms with Gasteiger partial charge in [-0.15, -0.1) is 0 Å². The number of carbonyl (C=O) groups excluding carboxylic acids is 3. The van der Waals surface area contributed by atoms with E-state index in [0.717, 1.165) is 9.15 Å². The highest BCUT2D eigenvalue weighted by molar-refractivity contribution is 9.10. The van der Waals surface area contributed by atoms with E-state index in [-0.39, 0.29) is 33.8 Å². The minimum atomic E-state index is -0.881. The Morgan fingerprint density at radius 1 is 0.816 bits per heavy atom. The van der Waals surface area contributed by atoms with Gasteiger partial charge < -0.3 is 20.1 Å². The summed E-state index contributed by atoms with van der Waals surface area (Å²) in [6, 6.07) is 7.08. The van der Waals surface area contributed by atoms with Crippen molar-refractivity contribution in [3.8, 4) is 11.1 Å². The van der Waals surface area contributed by atoms with E-state index < -0.39 is 34.7 Å². The lowest BCUT2D eigenvalue weighted by molar-refractivity contribution is 0.00377. The number of nitrogens with zero attached hydrogens (tertiary/aromatic N) is 3. The van der Waals surface area contributed by atoms with Crippen LogP contribution >= 0.6 is 15.9 Å². The summed E-state index contributed by atoms with van der Waals surface area (Å²) < 4.78 is 18.4. The number of aromatic nitrogens is 3. The number of hydrogen-bond acceptors (Lipinski definition) is 9. The number of benzene rings is 1. The summed E-state index contributed by atoms with van der Waals surface area (Å²) in [6.45, 7) is 15.3. The van der Waals surface area contributed by atoms with Gasteiger partial charge in [0.1, 0.15) is 27.8 Å². The third-order valence-corrected chi connectivity index (χ3v) is 5.21. The van der Waals surface area contributed by atoms with Gasteiger partial charge in [0.05, 0.1) is 0 Å². The van der Waals surface area contributed by atoms with Gasteiger partial charge in [0.15, 0.2) is 11.4 Å². The Labute approximate surface area is 230 Å². The molecule has 0 saturated carbocycles. The number of nitrogens with two attached hydrogens (primary N) is 1. The minimum Gasteiger partial charge on any atom is -0.455 e. The number of rotatable bonds is 4. The molecule has 2 heterocycles. The molecule has 0 bridgehead atoms. The van der Waals surface area contributed by atoms with Crippen molar-refractivity contribution in [2.75, 3.05) is 5.84 Å². The molecular formula is C27H33BrN4O6. The molecule has 0 spiro atoms. The molecule has 0 aliphatic rings. The third-order valence-electron chi connectivity index (χ3n) is 4.72. The van der Waals surface area contributed by atoms with Gasteiger partial charge in [-0.05, 0) is 80.0 Å². The van der Waals surface area contributed by atoms with Crippen molar-refractivity contribution in [3.63, 3.8) is 0 Å². The molecule has 0 amide bonds. The standard InChI is InChI=1S/C27H33BrN4O6/c1-25(2,3)36-22(33)18-20-17(30-21(31-18)24(35)38-27(7,8)9)16(14-11-10-12-15(28)13-14)19(32(20)29)23(34)37-26(4,5)6/h10-13H,29H2,1-9H3. The Bertz CT molecular complexity index is 1420. The van der Waals surface area contributed by atoms with Crippen molar-refractivity contribution in [2.24, 2.45) is 0 Å². The van der Waals surface area contributed by atoms with Crippen LogP contribution in [0.5, 0.6) is 0 Å². The smallest absolute Gasteiger partial charge is 0.376 e. The van der Waals surface area contributed by atoms with E-state index in [1.54, 1.807) is 80.5 Å². The second-order valence-corrected chi connectivity index (χ2v) is 12.6. The largest absolute Gasteiger partial charge is 0.455 e. The first-order valence-corrected chi connectivity index (χ1v) is 12.7. The summed E-state index contributed by atoms with van der Waals surface area (Å²) >= 11 is 3.45. The summed E-state index contributed by atoms with van der Waals surface area (Å²) in [5.74, 6) is 3.63. The Kier molecular flexibility index (Phi) is 7.66. The van der Waals surface area contributed by atoms with Gasteiger partial charge in [-0.3, -0.25) is 4.68 Å². The minimum absolute atomic E-state index is 0.00222. The van der Waals surface area contributed by atoms with E-state index in [0.29, 0.717) is 5.56 Å². The second-order valence-electron chi connectivity index (χ2n) is 11.7. The topological polar surface area (TPSA) is 136 Å². The molecule has 3 rings (SSSR count). The average molecular weight is 589 g/mol. The first-order chi connectivity index (χ1) is 17.3. The summed E-state index contributed by atoms with van der Waals surface area (Å²) in [6.07, 6.45) is 0. The SMILES string of the molecule is CC(C)(C)OC(=O)c1nc(C(=O)OC(C)(C)C)c2c(n1)c(-c1cccc(Br)c1)c(C(=O)OC(C)(C)C)n2N. The predicted molar refractivity (Wildman–Crippen MR) is 146 cm³/mol. The first-order valence-electron chi connectivity index (χ1n) is 11.9. The van der Waals surface area contributed by atoms with E-state index in [1.165, 1.54) is 0 Å². The molecule has 0 saturated heterocycles. The molecule has 3 aromatic rings. The molecule has 0 aliphatic carbocycles. The number of esters is 3. The monoisotopic (exact) mass is 588 g/mol. The van der Waals surface area contributed by atoms with E-state index in [9.17, 15) is 14.4 Å². The van der Waals surface area contributed by atoms with Crippen LogP contribution in [0, 0.1) is 0 Å². The fourth-order valence-electron chi connectivity index (χ4n) is 3.53. The number of hydrogen-bond donors (Lipinski definition) is 1. The molecule has 0 atom stereocenters. The lowest BCUT2D eigenvalue weighted by Crippen LogP contribution is -2.29. The van der Waals surface area contributed by atoms with Crippen LogP contribution in [-0.2, 0) is 14.2 Å². The van der Waals surface area contributed by atoms with E-state index in [4.69, 9.17) is 20.1 Å². The third kappa shape index (κ3) is 6.69. The molecule has 0 fully saturated rings. The van der Waals surface area contributed by atoms with Gasteiger partial charge in [0.25, 0.3) is 0 Å². The van der Waals surface area contributed by atoms with E-state index in [1.807, 2.05) is 6.07 Å². The van der Waals surface area contributed by atoms with Crippen molar-refractivity contribution in [3.05, 3.63) is 46.0 Å². The molecule has 204 valence electrons. The van der Waals surface area contributed by atoms with Gasteiger partial charge >= 0.3 is 17.9 Å². The Balaban J connectivity index is 2.47. The number of fused-ring (bicyclic) bond motifs is 1. The Morgan fingerprint density at radius 3 is 1.87 bits per heavy atom. The summed E-state index contributed by atoms with van der Waals surface area (Å²) in [4.78, 5) is 48.5. The molecule has 2 N–H and O–H groups in total. The van der Waals surface area contributed by atoms with Gasteiger partial charge in [-0.25, -0.2) is 24.4 Å². The zero-order valence-electron chi connectivity index (χ0n) is 23.1. The maximum absolute atomic E-state index is 13.5. The van der Waals surface area contributed by atoms with E-state index in [2.05, 4.69) is 25.9 Å². The van der Waals surface area contributed by atoms with Crippen LogP contribution in [-0.4, -0.2) is 49.4 Å². The van der Waals surface area contributed by atoms with Crippen LogP contribution in [0.3, 0.4) is 0 Å². The number of halogens is 1. The number of ether oxygens (including phenoxy) is 3. The van der Waals surface area contributed by atoms with Crippen molar-refractivity contribution in [2.45, 2.75) is 79.1 Å². The molecule has 10 nitrogen and oxygen atoms in total. The molecule has 11 heteroatoms. The molecule has 0 radical (unpaired) electrons. The molecule has 2 aromatic heterocycles. The highest BCUT2D eigenvalue weighted by Crippen LogP contribution is 2.36. The summed E-state index contributed by atoms with van der Waals surface area (Å²) in [5, 5.41) is 0. The fourth-order valence-corrected chi connectivity index (χ4v) is 3.93. The van der Waals surface area contributed by atoms with Crippen LogP contribution in [0.4, 0.5) is 0 Å². The maximum Gasteiger partial charge on any atom is 0.376 e. The fraction of sp³-hybridized carbons (Fsp3) is 0.444. The lowest BCUT2D eigenvalue weighted by Gasteiger charge is -2.21. The van der Waals surface area contributed by atoms with Crippen LogP contribution < -0.4 is 5.84 Å². The van der Waals surface area contributed by atoms with Crippen molar-refractivity contribution >= 4 is 44.9 Å². The highest BCUT2D eigenvalue weighted by atomic mass is 79.9. The van der Waals surface area contributed by atoms with Gasteiger partial charge in [0.2, 0.25) is 5.82 Å². The molecule has 0 aliphatic heterocycles. The van der Waals surface area contributed by atoms with Crippen LogP contribution in [0.2, 0.25) is 0 Å². The van der Waals surface area contributed by atoms with Crippen LogP contribution in [0.15, 0.2) is 28.7 Å². The molecule has 38 heavy (non-hydrogen) atoms. The van der Waals surface area contributed by atoms with Crippen molar-refractivity contribution < 1.29 is 28.6 Å². The Hall–Kier alpha value is -3.47. The molecule has 1 aromatic carbocycles. The van der Waals surface area contributed by atoms with Gasteiger partial charge in [0, 0.05) is 10.0 Å². The van der Waals surface area contributed by atoms with Gasteiger partial charge in [-0.1, -0.05) is 28.1 Å². The normalized spacial score (nSPS) is 12.4. The quantitative estimate of drug-likeness (QED) is 0.240. The molecular weight excluding hydrogens is 556 g/mol. The van der Waals surface area contributed by atoms with Gasteiger partial charge in [-0.2, -0.15) is 0 Å². The highest BCUT2D eigenvalue weighted by Gasteiger charge is 2.34. The van der Waals surface area contributed by atoms with Crippen molar-refractivity contribution in [1.29, 1.82) is 0 Å². The van der Waals surface area contributed by atoms with Crippen LogP contribution in [0.1, 0.15) is 93.9 Å². The number of carbonyl (C=O) groups is 3. The zero-order chi connectivity index (χ0) is 28.8.